The van der Waals surface area contributed by atoms with Crippen LogP contribution in [0.4, 0.5) is 0 Å². The van der Waals surface area contributed by atoms with Crippen LogP contribution in [-0.4, -0.2) is 58.4 Å². The van der Waals surface area contributed by atoms with Crippen LogP contribution >= 0.6 is 0 Å². The number of amides is 2. The minimum absolute atomic E-state index is 0.0612. The second kappa shape index (κ2) is 6.75. The van der Waals surface area contributed by atoms with E-state index in [4.69, 9.17) is 4.74 Å². The van der Waals surface area contributed by atoms with E-state index in [0.29, 0.717) is 39.2 Å². The van der Waals surface area contributed by atoms with Gasteiger partial charge in [-0.15, -0.1) is 0 Å². The van der Waals surface area contributed by atoms with Crippen LogP contribution in [0.25, 0.3) is 0 Å². The molecule has 3 fully saturated rings. The van der Waals surface area contributed by atoms with E-state index in [1.807, 2.05) is 17.0 Å². The molecule has 1 aromatic rings. The topological polar surface area (TPSA) is 62.7 Å². The number of hydrogen-bond donors (Lipinski definition) is 0. The molecule has 1 spiro atoms. The van der Waals surface area contributed by atoms with Crippen LogP contribution in [0.5, 0.6) is 0 Å². The first-order valence-electron chi connectivity index (χ1n) is 9.25. The number of rotatable bonds is 3. The van der Waals surface area contributed by atoms with Gasteiger partial charge in [0.2, 0.25) is 11.8 Å². The first-order chi connectivity index (χ1) is 12.2. The van der Waals surface area contributed by atoms with Crippen molar-refractivity contribution in [2.45, 2.75) is 44.2 Å². The number of carbonyl (C=O) groups is 2. The van der Waals surface area contributed by atoms with Crippen LogP contribution in [0.3, 0.4) is 0 Å². The third kappa shape index (κ3) is 3.40. The summed E-state index contributed by atoms with van der Waals surface area (Å²) in [6.45, 7) is 3.00. The van der Waals surface area contributed by atoms with Crippen LogP contribution in [0.15, 0.2) is 24.5 Å². The van der Waals surface area contributed by atoms with Crippen LogP contribution < -0.4 is 0 Å². The lowest BCUT2D eigenvalue weighted by Crippen LogP contribution is -2.53. The van der Waals surface area contributed by atoms with Gasteiger partial charge in [0, 0.05) is 45.0 Å². The predicted molar refractivity (Wildman–Crippen MR) is 91.5 cm³/mol. The number of pyridine rings is 1. The highest BCUT2D eigenvalue weighted by Gasteiger charge is 2.43. The molecule has 0 aromatic carbocycles. The average molecular weight is 343 g/mol. The maximum Gasteiger partial charge on any atom is 0.228 e. The fourth-order valence-corrected chi connectivity index (χ4v) is 4.42. The highest BCUT2D eigenvalue weighted by molar-refractivity contribution is 5.89. The zero-order valence-electron chi connectivity index (χ0n) is 14.5. The smallest absolute Gasteiger partial charge is 0.228 e. The zero-order valence-corrected chi connectivity index (χ0v) is 14.5. The standard InChI is InChI=1S/C19H25N3O3/c23-17-10-16(13-22(17)12-15-4-3-7-20-11-15)18(24)21-8-9-25-19(14-21)5-1-2-6-19/h3-4,7,11,16H,1-2,5-6,8-10,12-14H2/t16-/m0/s1. The van der Waals surface area contributed by atoms with E-state index >= 15 is 0 Å². The van der Waals surface area contributed by atoms with E-state index in [9.17, 15) is 9.59 Å². The molecule has 3 aliphatic rings. The van der Waals surface area contributed by atoms with Crippen molar-refractivity contribution < 1.29 is 14.3 Å². The molecule has 3 heterocycles. The normalized spacial score (nSPS) is 25.8. The van der Waals surface area contributed by atoms with Gasteiger partial charge < -0.3 is 14.5 Å². The fraction of sp³-hybridized carbons (Fsp3) is 0.632. The lowest BCUT2D eigenvalue weighted by molar-refractivity contribution is -0.153. The Balaban J connectivity index is 1.38. The summed E-state index contributed by atoms with van der Waals surface area (Å²) in [4.78, 5) is 33.1. The van der Waals surface area contributed by atoms with Crippen molar-refractivity contribution in [3.8, 4) is 0 Å². The van der Waals surface area contributed by atoms with Gasteiger partial charge in [-0.1, -0.05) is 18.9 Å². The van der Waals surface area contributed by atoms with Crippen molar-refractivity contribution in [1.29, 1.82) is 0 Å². The Bertz CT molecular complexity index is 643. The number of carbonyl (C=O) groups excluding carboxylic acids is 2. The Morgan fingerprint density at radius 3 is 2.96 bits per heavy atom. The predicted octanol–water partition coefficient (Wildman–Crippen LogP) is 1.60. The van der Waals surface area contributed by atoms with E-state index in [1.54, 1.807) is 17.3 Å². The quantitative estimate of drug-likeness (QED) is 0.836. The molecule has 1 saturated carbocycles. The molecule has 134 valence electrons. The van der Waals surface area contributed by atoms with Gasteiger partial charge in [-0.3, -0.25) is 14.6 Å². The number of nitrogens with zero attached hydrogens (tertiary/aromatic N) is 3. The second-order valence-corrected chi connectivity index (χ2v) is 7.53. The molecule has 2 aliphatic heterocycles. The van der Waals surface area contributed by atoms with Crippen molar-refractivity contribution in [1.82, 2.24) is 14.8 Å². The summed E-state index contributed by atoms with van der Waals surface area (Å²) in [5.41, 5.74) is 0.881. The zero-order chi connectivity index (χ0) is 17.3. The Morgan fingerprint density at radius 2 is 2.20 bits per heavy atom. The molecule has 0 unspecified atom stereocenters. The first kappa shape index (κ1) is 16.5. The monoisotopic (exact) mass is 343 g/mol. The van der Waals surface area contributed by atoms with Gasteiger partial charge in [-0.05, 0) is 24.5 Å². The summed E-state index contributed by atoms with van der Waals surface area (Å²) in [5, 5.41) is 0. The SMILES string of the molecule is O=C1C[C@H](C(=O)N2CCOC3(CCCC3)C2)CN1Cc1cccnc1. The van der Waals surface area contributed by atoms with E-state index < -0.39 is 0 Å². The minimum atomic E-state index is -0.222. The Morgan fingerprint density at radius 1 is 1.36 bits per heavy atom. The minimum Gasteiger partial charge on any atom is -0.371 e. The molecule has 1 atom stereocenters. The molecule has 4 rings (SSSR count). The van der Waals surface area contributed by atoms with Crippen LogP contribution in [0.1, 0.15) is 37.7 Å². The summed E-state index contributed by atoms with van der Waals surface area (Å²) >= 11 is 0. The van der Waals surface area contributed by atoms with Gasteiger partial charge in [0.15, 0.2) is 0 Å². The highest BCUT2D eigenvalue weighted by Crippen LogP contribution is 2.36. The molecule has 2 saturated heterocycles. The van der Waals surface area contributed by atoms with Gasteiger partial charge >= 0.3 is 0 Å². The maximum absolute atomic E-state index is 13.0. The molecule has 6 heteroatoms. The summed E-state index contributed by atoms with van der Waals surface area (Å²) in [5.74, 6) is -0.0385. The van der Waals surface area contributed by atoms with Gasteiger partial charge in [-0.25, -0.2) is 0 Å². The molecule has 0 radical (unpaired) electrons. The van der Waals surface area contributed by atoms with Crippen LogP contribution in [-0.2, 0) is 20.9 Å². The highest BCUT2D eigenvalue weighted by atomic mass is 16.5. The lowest BCUT2D eigenvalue weighted by Gasteiger charge is -2.41. The van der Waals surface area contributed by atoms with Gasteiger partial charge in [-0.2, -0.15) is 0 Å². The number of morpholine rings is 1. The molecular weight excluding hydrogens is 318 g/mol. The Labute approximate surface area is 148 Å². The third-order valence-corrected chi connectivity index (χ3v) is 5.73. The van der Waals surface area contributed by atoms with E-state index in [1.165, 1.54) is 12.8 Å². The molecule has 1 aliphatic carbocycles. The molecule has 25 heavy (non-hydrogen) atoms. The van der Waals surface area contributed by atoms with Crippen molar-refractivity contribution in [3.05, 3.63) is 30.1 Å². The summed E-state index contributed by atoms with van der Waals surface area (Å²) in [7, 11) is 0. The molecule has 1 aromatic heterocycles. The number of hydrogen-bond acceptors (Lipinski definition) is 4. The van der Waals surface area contributed by atoms with E-state index in [0.717, 1.165) is 18.4 Å². The van der Waals surface area contributed by atoms with Gasteiger partial charge in [0.25, 0.3) is 0 Å². The maximum atomic E-state index is 13.0. The van der Waals surface area contributed by atoms with Crippen LogP contribution in [0, 0.1) is 5.92 Å². The largest absolute Gasteiger partial charge is 0.371 e. The molecule has 0 bridgehead atoms. The summed E-state index contributed by atoms with van der Waals surface area (Å²) in [6.07, 6.45) is 8.28. The van der Waals surface area contributed by atoms with Gasteiger partial charge in [0.05, 0.1) is 18.1 Å². The van der Waals surface area contributed by atoms with Crippen molar-refractivity contribution in [3.63, 3.8) is 0 Å². The third-order valence-electron chi connectivity index (χ3n) is 5.73. The van der Waals surface area contributed by atoms with E-state index in [2.05, 4.69) is 4.98 Å². The van der Waals surface area contributed by atoms with E-state index in [-0.39, 0.29) is 23.3 Å². The molecule has 6 nitrogen and oxygen atoms in total. The first-order valence-corrected chi connectivity index (χ1v) is 9.25. The van der Waals surface area contributed by atoms with Crippen LogP contribution in [0.2, 0.25) is 0 Å². The molecule has 0 N–H and O–H groups in total. The van der Waals surface area contributed by atoms with Crippen molar-refractivity contribution in [2.75, 3.05) is 26.2 Å². The second-order valence-electron chi connectivity index (χ2n) is 7.53. The molecular formula is C19H25N3O3. The lowest BCUT2D eigenvalue weighted by atomic mass is 9.98. The number of aromatic nitrogens is 1. The number of ether oxygens (including phenoxy) is 1. The molecule has 2 amide bonds. The van der Waals surface area contributed by atoms with Crippen molar-refractivity contribution >= 4 is 11.8 Å². The summed E-state index contributed by atoms with van der Waals surface area (Å²) < 4.78 is 6.01. The average Bonchev–Trinajstić information content (AvgIpc) is 3.22. The fourth-order valence-electron chi connectivity index (χ4n) is 4.42. The van der Waals surface area contributed by atoms with Crippen molar-refractivity contribution in [2.24, 2.45) is 5.92 Å². The Hall–Kier alpha value is -1.95. The Kier molecular flexibility index (Phi) is 4.46. The van der Waals surface area contributed by atoms with Gasteiger partial charge in [0.1, 0.15) is 0 Å². The summed E-state index contributed by atoms with van der Waals surface area (Å²) in [6, 6.07) is 3.83. The number of likely N-dealkylation sites (tertiary alicyclic amines) is 1.